The van der Waals surface area contributed by atoms with Crippen LogP contribution in [0.5, 0.6) is 11.5 Å². The Morgan fingerprint density at radius 3 is 2.50 bits per heavy atom. The molecule has 3 aromatic carbocycles. The van der Waals surface area contributed by atoms with Gasteiger partial charge >= 0.3 is 0 Å². The van der Waals surface area contributed by atoms with Crippen LogP contribution in [0.4, 0.5) is 5.69 Å². The minimum absolute atomic E-state index is 0.163. The lowest BCUT2D eigenvalue weighted by Gasteiger charge is -2.22. The number of hydrogen-bond acceptors (Lipinski definition) is 5. The molecule has 1 heterocycles. The zero-order valence-electron chi connectivity index (χ0n) is 19.4. The van der Waals surface area contributed by atoms with Crippen molar-refractivity contribution in [2.45, 2.75) is 19.4 Å². The van der Waals surface area contributed by atoms with Crippen LogP contribution in [0.3, 0.4) is 0 Å². The first kappa shape index (κ1) is 23.0. The molecule has 174 valence electrons. The second-order valence-electron chi connectivity index (χ2n) is 7.98. The van der Waals surface area contributed by atoms with Gasteiger partial charge in [-0.25, -0.2) is 0 Å². The fraction of sp³-hybridized carbons (Fsp3) is 0.222. The molecular formula is C27H27N3O4. The molecule has 4 rings (SSSR count). The molecule has 0 fully saturated rings. The summed E-state index contributed by atoms with van der Waals surface area (Å²) < 4.78 is 11.4. The van der Waals surface area contributed by atoms with Crippen molar-refractivity contribution < 1.29 is 19.1 Å². The van der Waals surface area contributed by atoms with Crippen LogP contribution >= 0.6 is 0 Å². The molecule has 0 bridgehead atoms. The van der Waals surface area contributed by atoms with Crippen molar-refractivity contribution in [1.82, 2.24) is 0 Å². The van der Waals surface area contributed by atoms with Crippen LogP contribution < -0.4 is 20.1 Å². The number of nitrogens with two attached hydrogens (primary N) is 1. The number of carbonyl (C=O) groups is 2. The van der Waals surface area contributed by atoms with Gasteiger partial charge in [-0.1, -0.05) is 42.5 Å². The van der Waals surface area contributed by atoms with E-state index in [1.54, 1.807) is 37.3 Å². The van der Waals surface area contributed by atoms with Crippen molar-refractivity contribution in [1.29, 1.82) is 0 Å². The number of nitrogens with zero attached hydrogens (tertiary/aromatic N) is 2. The number of rotatable bonds is 7. The zero-order valence-corrected chi connectivity index (χ0v) is 19.4. The quantitative estimate of drug-likeness (QED) is 0.586. The smallest absolute Gasteiger partial charge is 0.251 e. The summed E-state index contributed by atoms with van der Waals surface area (Å²) in [6.45, 7) is 2.36. The molecule has 1 aliphatic heterocycles. The molecule has 0 aliphatic carbocycles. The number of carbonyl (C=O) groups excluding carboxylic acids is 2. The van der Waals surface area contributed by atoms with Gasteiger partial charge in [0.05, 0.1) is 25.1 Å². The summed E-state index contributed by atoms with van der Waals surface area (Å²) >= 11 is 0. The van der Waals surface area contributed by atoms with E-state index < -0.39 is 11.9 Å². The van der Waals surface area contributed by atoms with Crippen molar-refractivity contribution in [3.63, 3.8) is 0 Å². The third-order valence-corrected chi connectivity index (χ3v) is 5.79. The van der Waals surface area contributed by atoms with Gasteiger partial charge in [0, 0.05) is 36.2 Å². The maximum absolute atomic E-state index is 13.6. The van der Waals surface area contributed by atoms with Crippen LogP contribution in [0.2, 0.25) is 0 Å². The fourth-order valence-electron chi connectivity index (χ4n) is 4.10. The van der Waals surface area contributed by atoms with Gasteiger partial charge in [-0.2, -0.15) is 0 Å². The van der Waals surface area contributed by atoms with Gasteiger partial charge in [-0.3, -0.25) is 14.6 Å². The Hall–Kier alpha value is -4.13. The summed E-state index contributed by atoms with van der Waals surface area (Å²) in [5, 5.41) is 0. The molecule has 1 atom stereocenters. The third kappa shape index (κ3) is 4.50. The molecule has 0 saturated carbocycles. The normalized spacial score (nSPS) is 15.3. The SMILES string of the molecule is CCOc1cc2c(cc1OC)C(c1ccccc1)=NC(Cc1cccc(C(N)=O)c1)C(=O)N2C. The van der Waals surface area contributed by atoms with Crippen LogP contribution in [0, 0.1) is 0 Å². The molecule has 34 heavy (non-hydrogen) atoms. The lowest BCUT2D eigenvalue weighted by molar-refractivity contribution is -0.119. The minimum Gasteiger partial charge on any atom is -0.493 e. The largest absolute Gasteiger partial charge is 0.493 e. The van der Waals surface area contributed by atoms with Crippen LogP contribution in [0.15, 0.2) is 71.7 Å². The first-order valence-electron chi connectivity index (χ1n) is 11.1. The number of primary amides is 1. The minimum atomic E-state index is -0.697. The molecule has 0 spiro atoms. The molecule has 0 aromatic heterocycles. The molecule has 7 heteroatoms. The predicted octanol–water partition coefficient (Wildman–Crippen LogP) is 3.62. The van der Waals surface area contributed by atoms with E-state index in [0.29, 0.717) is 41.5 Å². The van der Waals surface area contributed by atoms with Gasteiger partial charge in [0.1, 0.15) is 6.04 Å². The zero-order chi connectivity index (χ0) is 24.2. The number of ether oxygens (including phenoxy) is 2. The van der Waals surface area contributed by atoms with E-state index in [1.807, 2.05) is 55.5 Å². The van der Waals surface area contributed by atoms with E-state index in [4.69, 9.17) is 20.2 Å². The lowest BCUT2D eigenvalue weighted by Crippen LogP contribution is -2.36. The summed E-state index contributed by atoms with van der Waals surface area (Å²) in [5.41, 5.74) is 9.68. The number of likely N-dealkylation sites (N-methyl/N-ethyl adjacent to an activating group) is 1. The summed E-state index contributed by atoms with van der Waals surface area (Å²) in [4.78, 5) is 31.8. The third-order valence-electron chi connectivity index (χ3n) is 5.79. The number of amides is 2. The topological polar surface area (TPSA) is 94.2 Å². The van der Waals surface area contributed by atoms with Crippen molar-refractivity contribution in [2.24, 2.45) is 10.7 Å². The Bertz CT molecular complexity index is 1250. The Balaban J connectivity index is 1.87. The standard InChI is InChI=1S/C27H27N3O4/c1-4-34-24-16-22-20(15-23(24)33-3)25(18-10-6-5-7-11-18)29-21(27(32)30(22)2)14-17-9-8-12-19(13-17)26(28)31/h5-13,15-16,21H,4,14H2,1-3H3,(H2,28,31). The van der Waals surface area contributed by atoms with Gasteiger partial charge < -0.3 is 20.1 Å². The van der Waals surface area contributed by atoms with Gasteiger partial charge in [0.2, 0.25) is 5.91 Å². The summed E-state index contributed by atoms with van der Waals surface area (Å²) in [6, 6.07) is 19.7. The van der Waals surface area contributed by atoms with E-state index in [9.17, 15) is 9.59 Å². The van der Waals surface area contributed by atoms with E-state index in [1.165, 1.54) is 0 Å². The number of methoxy groups -OCH3 is 1. The molecule has 2 amide bonds. The molecule has 2 N–H and O–H groups in total. The van der Waals surface area contributed by atoms with Crippen molar-refractivity contribution in [3.05, 3.63) is 89.0 Å². The van der Waals surface area contributed by atoms with Gasteiger partial charge in [-0.15, -0.1) is 0 Å². The van der Waals surface area contributed by atoms with Crippen LogP contribution in [-0.2, 0) is 11.2 Å². The molecular weight excluding hydrogens is 430 g/mol. The Morgan fingerprint density at radius 2 is 1.82 bits per heavy atom. The summed E-state index contributed by atoms with van der Waals surface area (Å²) in [5.74, 6) is 0.452. The van der Waals surface area contributed by atoms with E-state index in [-0.39, 0.29) is 5.91 Å². The monoisotopic (exact) mass is 457 g/mol. The number of aliphatic imine (C=N–C) groups is 1. The number of fused-ring (bicyclic) bond motifs is 1. The summed E-state index contributed by atoms with van der Waals surface area (Å²) in [7, 11) is 3.32. The Morgan fingerprint density at radius 1 is 1.06 bits per heavy atom. The molecule has 0 saturated heterocycles. The number of hydrogen-bond donors (Lipinski definition) is 1. The highest BCUT2D eigenvalue weighted by Gasteiger charge is 2.31. The maximum atomic E-state index is 13.6. The van der Waals surface area contributed by atoms with Gasteiger partial charge in [0.25, 0.3) is 5.91 Å². The van der Waals surface area contributed by atoms with Crippen molar-refractivity contribution in [3.8, 4) is 11.5 Å². The number of anilines is 1. The van der Waals surface area contributed by atoms with Crippen LogP contribution in [0.25, 0.3) is 0 Å². The highest BCUT2D eigenvalue weighted by molar-refractivity contribution is 6.20. The van der Waals surface area contributed by atoms with E-state index in [2.05, 4.69) is 0 Å². The second kappa shape index (κ2) is 9.79. The average molecular weight is 458 g/mol. The number of benzene rings is 3. The second-order valence-corrected chi connectivity index (χ2v) is 7.98. The Kier molecular flexibility index (Phi) is 6.63. The van der Waals surface area contributed by atoms with Gasteiger partial charge in [0.15, 0.2) is 11.5 Å². The lowest BCUT2D eigenvalue weighted by atomic mass is 9.99. The van der Waals surface area contributed by atoms with Crippen LogP contribution in [0.1, 0.15) is 34.0 Å². The highest BCUT2D eigenvalue weighted by Crippen LogP contribution is 2.38. The van der Waals surface area contributed by atoms with Crippen molar-refractivity contribution in [2.75, 3.05) is 25.7 Å². The average Bonchev–Trinajstić information content (AvgIpc) is 2.95. The fourth-order valence-corrected chi connectivity index (χ4v) is 4.10. The molecule has 0 radical (unpaired) electrons. The first-order chi connectivity index (χ1) is 16.4. The molecule has 7 nitrogen and oxygen atoms in total. The Labute approximate surface area is 198 Å². The molecule has 3 aromatic rings. The van der Waals surface area contributed by atoms with E-state index in [0.717, 1.165) is 16.7 Å². The maximum Gasteiger partial charge on any atom is 0.251 e. The first-order valence-corrected chi connectivity index (χ1v) is 11.1. The number of benzodiazepines with no additional fused rings is 1. The highest BCUT2D eigenvalue weighted by atomic mass is 16.5. The predicted molar refractivity (Wildman–Crippen MR) is 132 cm³/mol. The molecule has 1 unspecified atom stereocenters. The summed E-state index contributed by atoms with van der Waals surface area (Å²) in [6.07, 6.45) is 0.323. The molecule has 1 aliphatic rings. The van der Waals surface area contributed by atoms with Gasteiger partial charge in [-0.05, 0) is 30.7 Å². The van der Waals surface area contributed by atoms with Crippen LogP contribution in [-0.4, -0.2) is 44.3 Å². The van der Waals surface area contributed by atoms with E-state index >= 15 is 0 Å². The van der Waals surface area contributed by atoms with Crippen molar-refractivity contribution >= 4 is 23.2 Å².